The highest BCUT2D eigenvalue weighted by Gasteiger charge is 2.19. The van der Waals surface area contributed by atoms with E-state index in [1.54, 1.807) is 7.11 Å². The van der Waals surface area contributed by atoms with Gasteiger partial charge in [-0.15, -0.1) is 0 Å². The molecule has 6 heteroatoms. The Hall–Kier alpha value is -2.73. The summed E-state index contributed by atoms with van der Waals surface area (Å²) < 4.78 is 11.1. The summed E-state index contributed by atoms with van der Waals surface area (Å²) in [5, 5.41) is 2.95. The predicted molar refractivity (Wildman–Crippen MR) is 121 cm³/mol. The minimum Gasteiger partial charge on any atom is -0.495 e. The van der Waals surface area contributed by atoms with Crippen LogP contribution in [0.3, 0.4) is 0 Å². The van der Waals surface area contributed by atoms with Crippen LogP contribution >= 0.6 is 0 Å². The average Bonchev–Trinajstić information content (AvgIpc) is 2.78. The number of benzene rings is 2. The molecule has 1 fully saturated rings. The summed E-state index contributed by atoms with van der Waals surface area (Å²) in [5.74, 6) is 2.04. The summed E-state index contributed by atoms with van der Waals surface area (Å²) in [5.41, 5.74) is 2.41. The van der Waals surface area contributed by atoms with Gasteiger partial charge < -0.3 is 19.7 Å². The molecule has 0 bridgehead atoms. The number of piperazine rings is 1. The number of anilines is 1. The highest BCUT2D eigenvalue weighted by molar-refractivity contribution is 5.77. The first kappa shape index (κ1) is 22.0. The van der Waals surface area contributed by atoms with Crippen LogP contribution in [0.5, 0.6) is 11.5 Å². The minimum atomic E-state index is -0.0874. The molecule has 1 aliphatic heterocycles. The van der Waals surface area contributed by atoms with Gasteiger partial charge in [0, 0.05) is 39.3 Å². The first-order chi connectivity index (χ1) is 14.6. The van der Waals surface area contributed by atoms with Gasteiger partial charge in [-0.3, -0.25) is 9.69 Å². The van der Waals surface area contributed by atoms with Crippen LogP contribution in [0.4, 0.5) is 5.69 Å². The summed E-state index contributed by atoms with van der Waals surface area (Å²) in [6.07, 6.45) is 0. The number of ether oxygens (including phenoxy) is 2. The molecule has 0 aromatic heterocycles. The Morgan fingerprint density at radius 1 is 1.03 bits per heavy atom. The molecule has 0 radical (unpaired) electrons. The molecule has 3 rings (SSSR count). The van der Waals surface area contributed by atoms with Crippen molar-refractivity contribution in [1.82, 2.24) is 10.2 Å². The van der Waals surface area contributed by atoms with Gasteiger partial charge in [0.15, 0.2) is 6.61 Å². The van der Waals surface area contributed by atoms with Gasteiger partial charge in [0.05, 0.1) is 12.8 Å². The molecule has 1 N–H and O–H groups in total. The molecule has 0 unspecified atom stereocenters. The number of rotatable bonds is 9. The van der Waals surface area contributed by atoms with E-state index in [2.05, 4.69) is 35.0 Å². The van der Waals surface area contributed by atoms with Crippen LogP contribution in [0.25, 0.3) is 0 Å². The van der Waals surface area contributed by atoms with Crippen molar-refractivity contribution in [3.05, 3.63) is 54.1 Å². The van der Waals surface area contributed by atoms with E-state index in [9.17, 15) is 4.79 Å². The van der Waals surface area contributed by atoms with Crippen molar-refractivity contribution in [2.45, 2.75) is 19.8 Å². The number of para-hydroxylation sites is 2. The van der Waals surface area contributed by atoms with Crippen molar-refractivity contribution in [3.8, 4) is 11.5 Å². The van der Waals surface area contributed by atoms with Gasteiger partial charge in [0.1, 0.15) is 11.5 Å². The Morgan fingerprint density at radius 3 is 2.40 bits per heavy atom. The summed E-state index contributed by atoms with van der Waals surface area (Å²) in [6, 6.07) is 16.1. The maximum atomic E-state index is 12.1. The maximum absolute atomic E-state index is 12.1. The molecule has 2 aromatic rings. The molecule has 1 heterocycles. The number of carbonyl (C=O) groups is 1. The Kier molecular flexibility index (Phi) is 7.97. The van der Waals surface area contributed by atoms with Crippen molar-refractivity contribution < 1.29 is 14.3 Å². The smallest absolute Gasteiger partial charge is 0.257 e. The molecule has 0 atom stereocenters. The zero-order chi connectivity index (χ0) is 21.3. The van der Waals surface area contributed by atoms with Crippen molar-refractivity contribution in [2.24, 2.45) is 0 Å². The topological polar surface area (TPSA) is 54.0 Å². The number of amides is 1. The lowest BCUT2D eigenvalue weighted by Gasteiger charge is -2.36. The molecule has 162 valence electrons. The monoisotopic (exact) mass is 411 g/mol. The Labute approximate surface area is 179 Å². The largest absolute Gasteiger partial charge is 0.495 e. The van der Waals surface area contributed by atoms with Crippen LogP contribution in [-0.4, -0.2) is 63.8 Å². The van der Waals surface area contributed by atoms with Gasteiger partial charge in [-0.2, -0.15) is 0 Å². The van der Waals surface area contributed by atoms with Crippen molar-refractivity contribution in [3.63, 3.8) is 0 Å². The lowest BCUT2D eigenvalue weighted by Crippen LogP contribution is -2.48. The second-order valence-corrected chi connectivity index (χ2v) is 7.86. The van der Waals surface area contributed by atoms with Crippen LogP contribution in [0.1, 0.15) is 25.3 Å². The number of hydrogen-bond donors (Lipinski definition) is 1. The third-order valence-corrected chi connectivity index (χ3v) is 5.47. The molecule has 1 saturated heterocycles. The predicted octanol–water partition coefficient (Wildman–Crippen LogP) is 3.14. The van der Waals surface area contributed by atoms with Crippen molar-refractivity contribution in [2.75, 3.05) is 57.9 Å². The fourth-order valence-electron chi connectivity index (χ4n) is 3.61. The van der Waals surface area contributed by atoms with Gasteiger partial charge in [-0.05, 0) is 35.7 Å². The van der Waals surface area contributed by atoms with Gasteiger partial charge in [-0.1, -0.05) is 38.1 Å². The number of methoxy groups -OCH3 is 1. The SMILES string of the molecule is COc1ccccc1N1CCN(CCNC(=O)COc2ccc(C(C)C)cc2)CC1. The maximum Gasteiger partial charge on any atom is 0.257 e. The zero-order valence-electron chi connectivity index (χ0n) is 18.3. The highest BCUT2D eigenvalue weighted by Crippen LogP contribution is 2.28. The van der Waals surface area contributed by atoms with Gasteiger partial charge >= 0.3 is 0 Å². The van der Waals surface area contributed by atoms with Crippen molar-refractivity contribution >= 4 is 11.6 Å². The average molecular weight is 412 g/mol. The summed E-state index contributed by atoms with van der Waals surface area (Å²) in [4.78, 5) is 16.8. The molecule has 1 aliphatic rings. The fraction of sp³-hybridized carbons (Fsp3) is 0.458. The molecule has 0 spiro atoms. The first-order valence-corrected chi connectivity index (χ1v) is 10.7. The third kappa shape index (κ3) is 6.13. The Balaban J connectivity index is 1.33. The van der Waals surface area contributed by atoms with E-state index in [4.69, 9.17) is 9.47 Å². The van der Waals surface area contributed by atoms with E-state index in [1.165, 1.54) is 5.56 Å². The molecule has 0 aliphatic carbocycles. The third-order valence-electron chi connectivity index (χ3n) is 5.47. The first-order valence-electron chi connectivity index (χ1n) is 10.7. The second kappa shape index (κ2) is 10.9. The lowest BCUT2D eigenvalue weighted by molar-refractivity contribution is -0.123. The molecule has 30 heavy (non-hydrogen) atoms. The van der Waals surface area contributed by atoms with E-state index in [0.717, 1.165) is 49.9 Å². The molecule has 0 saturated carbocycles. The normalized spacial score (nSPS) is 14.6. The molecular formula is C24H33N3O3. The molecule has 6 nitrogen and oxygen atoms in total. The second-order valence-electron chi connectivity index (χ2n) is 7.86. The minimum absolute atomic E-state index is 0.0443. The van der Waals surface area contributed by atoms with E-state index in [0.29, 0.717) is 12.5 Å². The van der Waals surface area contributed by atoms with Crippen LogP contribution in [0.15, 0.2) is 48.5 Å². The van der Waals surface area contributed by atoms with Crippen LogP contribution in [0, 0.1) is 0 Å². The lowest BCUT2D eigenvalue weighted by atomic mass is 10.0. The zero-order valence-corrected chi connectivity index (χ0v) is 18.3. The molecule has 2 aromatic carbocycles. The molecular weight excluding hydrogens is 378 g/mol. The van der Waals surface area contributed by atoms with E-state index in [1.807, 2.05) is 42.5 Å². The number of nitrogens with zero attached hydrogens (tertiary/aromatic N) is 2. The number of hydrogen-bond acceptors (Lipinski definition) is 5. The van der Waals surface area contributed by atoms with Crippen LogP contribution < -0.4 is 19.7 Å². The van der Waals surface area contributed by atoms with Crippen LogP contribution in [0.2, 0.25) is 0 Å². The van der Waals surface area contributed by atoms with Crippen molar-refractivity contribution in [1.29, 1.82) is 0 Å². The fourth-order valence-corrected chi connectivity index (χ4v) is 3.61. The standard InChI is InChI=1S/C24H33N3O3/c1-19(2)20-8-10-21(11-9-20)30-18-24(28)25-12-13-26-14-16-27(17-15-26)22-6-4-5-7-23(22)29-3/h4-11,19H,12-18H2,1-3H3,(H,25,28). The van der Waals surface area contributed by atoms with Gasteiger partial charge in [0.2, 0.25) is 0 Å². The van der Waals surface area contributed by atoms with E-state index in [-0.39, 0.29) is 12.5 Å². The quantitative estimate of drug-likeness (QED) is 0.687. The summed E-state index contributed by atoms with van der Waals surface area (Å²) >= 11 is 0. The Morgan fingerprint density at radius 2 is 1.73 bits per heavy atom. The Bertz CT molecular complexity index is 800. The summed E-state index contributed by atoms with van der Waals surface area (Å²) in [6.45, 7) is 9.65. The van der Waals surface area contributed by atoms with Gasteiger partial charge in [-0.25, -0.2) is 0 Å². The highest BCUT2D eigenvalue weighted by atomic mass is 16.5. The number of carbonyl (C=O) groups excluding carboxylic acids is 1. The van der Waals surface area contributed by atoms with E-state index < -0.39 is 0 Å². The van der Waals surface area contributed by atoms with Crippen LogP contribution in [-0.2, 0) is 4.79 Å². The van der Waals surface area contributed by atoms with E-state index >= 15 is 0 Å². The van der Waals surface area contributed by atoms with Gasteiger partial charge in [0.25, 0.3) is 5.91 Å². The molecule has 1 amide bonds. The number of nitrogens with one attached hydrogen (secondary N) is 1. The summed E-state index contributed by atoms with van der Waals surface area (Å²) in [7, 11) is 1.71.